The number of likely N-dealkylation sites (N-methyl/N-ethyl adjacent to an activating group) is 1. The average molecular weight is 549 g/mol. The van der Waals surface area contributed by atoms with Crippen molar-refractivity contribution >= 4 is 27.5 Å². The molecule has 4 rings (SSSR count). The SMILES string of the molecule is CCN1C(=CC=CC=CC=CC2Cc3ccccc3N2CCCCCC(=O)O)Cc2cc(S(=O)(=O)O)ccc21. The standard InChI is InChI=1S/C31H36N2O5S/c1-2-32-26(22-25-23-28(39(36,37)38)18-19-30(25)32)14-7-4-3-5-8-15-27-21-24-13-10-11-16-29(24)33(27)20-12-6-9-17-31(34)35/h3-5,7-8,10-11,13-16,18-19,23,27H,2,6,9,12,17,20-22H2,1H3,(H,34,35)(H,36,37,38). The lowest BCUT2D eigenvalue weighted by atomic mass is 10.1. The van der Waals surface area contributed by atoms with Gasteiger partial charge in [-0.2, -0.15) is 8.42 Å². The minimum Gasteiger partial charge on any atom is -0.481 e. The number of allylic oxidation sites excluding steroid dienone is 7. The number of hydrogen-bond acceptors (Lipinski definition) is 5. The summed E-state index contributed by atoms with van der Waals surface area (Å²) in [7, 11) is -4.22. The van der Waals surface area contributed by atoms with E-state index in [2.05, 4.69) is 53.1 Å². The van der Waals surface area contributed by atoms with Gasteiger partial charge in [0.1, 0.15) is 0 Å². The Morgan fingerprint density at radius 2 is 1.74 bits per heavy atom. The number of nitrogens with zero attached hydrogens (tertiary/aromatic N) is 2. The highest BCUT2D eigenvalue weighted by Gasteiger charge is 2.26. The van der Waals surface area contributed by atoms with Crippen molar-refractivity contribution in [2.45, 2.75) is 56.4 Å². The normalized spacial score (nSPS) is 18.2. The maximum atomic E-state index is 11.5. The predicted octanol–water partition coefficient (Wildman–Crippen LogP) is 5.94. The molecule has 0 saturated carbocycles. The summed E-state index contributed by atoms with van der Waals surface area (Å²) in [5.41, 5.74) is 5.53. The van der Waals surface area contributed by atoms with Crippen molar-refractivity contribution in [3.63, 3.8) is 0 Å². The molecule has 0 amide bonds. The summed E-state index contributed by atoms with van der Waals surface area (Å²) in [6, 6.07) is 13.5. The third kappa shape index (κ3) is 7.28. The number of fused-ring (bicyclic) bond motifs is 2. The van der Waals surface area contributed by atoms with E-state index in [0.29, 0.717) is 12.8 Å². The molecule has 2 aliphatic heterocycles. The lowest BCUT2D eigenvalue weighted by Gasteiger charge is -2.25. The predicted molar refractivity (Wildman–Crippen MR) is 156 cm³/mol. The third-order valence-corrected chi connectivity index (χ3v) is 8.01. The molecule has 0 bridgehead atoms. The molecule has 8 heteroatoms. The molecule has 0 saturated heterocycles. The number of rotatable bonds is 12. The van der Waals surface area contributed by atoms with Crippen LogP contribution in [0.2, 0.25) is 0 Å². The van der Waals surface area contributed by atoms with Crippen LogP contribution in [0.1, 0.15) is 43.7 Å². The number of para-hydroxylation sites is 1. The van der Waals surface area contributed by atoms with Crippen LogP contribution in [-0.2, 0) is 27.8 Å². The molecule has 0 radical (unpaired) electrons. The summed E-state index contributed by atoms with van der Waals surface area (Å²) in [5, 5.41) is 8.86. The fraction of sp³-hybridized carbons (Fsp3) is 0.323. The number of benzene rings is 2. The van der Waals surface area contributed by atoms with Crippen LogP contribution in [0, 0.1) is 0 Å². The van der Waals surface area contributed by atoms with Crippen LogP contribution >= 0.6 is 0 Å². The third-order valence-electron chi connectivity index (χ3n) is 7.16. The number of aliphatic carboxylic acids is 1. The van der Waals surface area contributed by atoms with Gasteiger partial charge in [0.05, 0.1) is 10.9 Å². The largest absolute Gasteiger partial charge is 0.481 e. The van der Waals surface area contributed by atoms with Crippen LogP contribution in [-0.4, -0.2) is 43.2 Å². The summed E-state index contributed by atoms with van der Waals surface area (Å²) in [6.07, 6.45) is 18.7. The van der Waals surface area contributed by atoms with E-state index < -0.39 is 16.1 Å². The van der Waals surface area contributed by atoms with E-state index in [1.165, 1.54) is 17.3 Å². The van der Waals surface area contributed by atoms with Gasteiger partial charge in [0.2, 0.25) is 0 Å². The maximum Gasteiger partial charge on any atom is 0.303 e. The summed E-state index contributed by atoms with van der Waals surface area (Å²) in [5.74, 6) is -0.732. The molecule has 39 heavy (non-hydrogen) atoms. The minimum absolute atomic E-state index is 0.0778. The number of unbranched alkanes of at least 4 members (excludes halogenated alkanes) is 2. The molecule has 2 aromatic rings. The van der Waals surface area contributed by atoms with Gasteiger partial charge < -0.3 is 14.9 Å². The topological polar surface area (TPSA) is 98.2 Å². The number of anilines is 2. The fourth-order valence-electron chi connectivity index (χ4n) is 5.32. The smallest absolute Gasteiger partial charge is 0.303 e. The molecule has 0 aromatic heterocycles. The van der Waals surface area contributed by atoms with Crippen LogP contribution < -0.4 is 9.80 Å². The Labute approximate surface area is 231 Å². The highest BCUT2D eigenvalue weighted by atomic mass is 32.2. The molecule has 206 valence electrons. The first-order chi connectivity index (χ1) is 18.8. The van der Waals surface area contributed by atoms with Crippen molar-refractivity contribution in [3.8, 4) is 0 Å². The van der Waals surface area contributed by atoms with E-state index in [9.17, 15) is 17.8 Å². The van der Waals surface area contributed by atoms with Gasteiger partial charge in [0, 0.05) is 43.0 Å². The van der Waals surface area contributed by atoms with Crippen molar-refractivity contribution in [2.24, 2.45) is 0 Å². The van der Waals surface area contributed by atoms with E-state index >= 15 is 0 Å². The van der Waals surface area contributed by atoms with Gasteiger partial charge in [-0.25, -0.2) is 0 Å². The lowest BCUT2D eigenvalue weighted by Crippen LogP contribution is -2.31. The van der Waals surface area contributed by atoms with Crippen LogP contribution in [0.4, 0.5) is 11.4 Å². The summed E-state index contributed by atoms with van der Waals surface area (Å²) < 4.78 is 32.3. The summed E-state index contributed by atoms with van der Waals surface area (Å²) >= 11 is 0. The number of carboxylic acids is 1. The van der Waals surface area contributed by atoms with Gasteiger partial charge in [-0.05, 0) is 67.7 Å². The molecule has 2 aliphatic rings. The Morgan fingerprint density at radius 1 is 0.974 bits per heavy atom. The van der Waals surface area contributed by atoms with Gasteiger partial charge >= 0.3 is 5.97 Å². The average Bonchev–Trinajstić information content (AvgIpc) is 3.44. The highest BCUT2D eigenvalue weighted by Crippen LogP contribution is 2.36. The number of carboxylic acid groups (broad SMARTS) is 1. The Balaban J connectivity index is 1.34. The zero-order chi connectivity index (χ0) is 27.8. The summed E-state index contributed by atoms with van der Waals surface area (Å²) in [6.45, 7) is 3.72. The second kappa shape index (κ2) is 13.0. The second-order valence-corrected chi connectivity index (χ2v) is 11.2. The zero-order valence-electron chi connectivity index (χ0n) is 22.2. The molecule has 0 aliphatic carbocycles. The monoisotopic (exact) mass is 548 g/mol. The van der Waals surface area contributed by atoms with Crippen molar-refractivity contribution in [2.75, 3.05) is 22.9 Å². The van der Waals surface area contributed by atoms with E-state index in [4.69, 9.17) is 5.11 Å². The highest BCUT2D eigenvalue weighted by molar-refractivity contribution is 7.85. The van der Waals surface area contributed by atoms with E-state index in [1.54, 1.807) is 12.1 Å². The Morgan fingerprint density at radius 3 is 2.51 bits per heavy atom. The minimum atomic E-state index is -4.22. The Bertz CT molecular complexity index is 1410. The van der Waals surface area contributed by atoms with Crippen molar-refractivity contribution in [3.05, 3.63) is 102 Å². The molecule has 7 nitrogen and oxygen atoms in total. The second-order valence-electron chi connectivity index (χ2n) is 9.80. The molecule has 2 N–H and O–H groups in total. The Kier molecular flexibility index (Phi) is 9.43. The van der Waals surface area contributed by atoms with Crippen molar-refractivity contribution in [1.82, 2.24) is 0 Å². The molecule has 1 unspecified atom stereocenters. The zero-order valence-corrected chi connectivity index (χ0v) is 23.1. The van der Waals surface area contributed by atoms with Gasteiger partial charge in [-0.1, -0.05) is 61.1 Å². The van der Waals surface area contributed by atoms with Crippen LogP contribution in [0.5, 0.6) is 0 Å². The first kappa shape index (κ1) is 28.4. The summed E-state index contributed by atoms with van der Waals surface area (Å²) in [4.78, 5) is 15.3. The van der Waals surface area contributed by atoms with Gasteiger partial charge in [-0.3, -0.25) is 9.35 Å². The van der Waals surface area contributed by atoms with Crippen LogP contribution in [0.15, 0.2) is 95.6 Å². The van der Waals surface area contributed by atoms with Gasteiger partial charge in [-0.15, -0.1) is 0 Å². The van der Waals surface area contributed by atoms with Crippen molar-refractivity contribution in [1.29, 1.82) is 0 Å². The molecule has 0 spiro atoms. The first-order valence-corrected chi connectivity index (χ1v) is 14.9. The Hall–Kier alpha value is -3.62. The van der Waals surface area contributed by atoms with E-state index in [1.807, 2.05) is 30.4 Å². The van der Waals surface area contributed by atoms with E-state index in [0.717, 1.165) is 49.3 Å². The van der Waals surface area contributed by atoms with Crippen molar-refractivity contribution < 1.29 is 22.9 Å². The van der Waals surface area contributed by atoms with Crippen LogP contribution in [0.3, 0.4) is 0 Å². The molecule has 0 fully saturated rings. The molecular formula is C31H36N2O5S. The lowest BCUT2D eigenvalue weighted by molar-refractivity contribution is -0.137. The van der Waals surface area contributed by atoms with E-state index in [-0.39, 0.29) is 17.4 Å². The molecule has 1 atom stereocenters. The fourth-order valence-corrected chi connectivity index (χ4v) is 5.85. The molecule has 2 aromatic carbocycles. The van der Waals surface area contributed by atoms with Gasteiger partial charge in [0.25, 0.3) is 10.1 Å². The quantitative estimate of drug-likeness (QED) is 0.192. The van der Waals surface area contributed by atoms with Gasteiger partial charge in [0.15, 0.2) is 0 Å². The molecule has 2 heterocycles. The van der Waals surface area contributed by atoms with Crippen LogP contribution in [0.25, 0.3) is 0 Å². The first-order valence-electron chi connectivity index (χ1n) is 13.4. The number of carbonyl (C=O) groups is 1. The molecular weight excluding hydrogens is 512 g/mol. The maximum absolute atomic E-state index is 11.5. The number of hydrogen-bond donors (Lipinski definition) is 2.